The molecule has 2 N–H and O–H groups in total. The van der Waals surface area contributed by atoms with Crippen LogP contribution in [0.15, 0.2) is 0 Å². The fraction of sp³-hybridized carbons (Fsp3) is 0.933. The molecule has 1 aliphatic heterocycles. The third-order valence-corrected chi connectivity index (χ3v) is 3.75. The van der Waals surface area contributed by atoms with Gasteiger partial charge in [-0.05, 0) is 31.2 Å². The Hall–Kier alpha value is -0.610. The van der Waals surface area contributed by atoms with E-state index in [1.165, 1.54) is 6.42 Å². The standard InChI is InChI=1S/C15H31N3O/c1-12(2)5-6-17-7-9-18(10-8-17)15(19)14(16)11-13(3)4/h12-14H,5-11,16H2,1-4H3/t14-/m0/s1. The molecule has 4 nitrogen and oxygen atoms in total. The van der Waals surface area contributed by atoms with Crippen LogP contribution < -0.4 is 5.73 Å². The number of carbonyl (C=O) groups is 1. The largest absolute Gasteiger partial charge is 0.339 e. The number of amides is 1. The van der Waals surface area contributed by atoms with E-state index >= 15 is 0 Å². The van der Waals surface area contributed by atoms with E-state index < -0.39 is 0 Å². The maximum absolute atomic E-state index is 12.2. The maximum Gasteiger partial charge on any atom is 0.239 e. The highest BCUT2D eigenvalue weighted by Crippen LogP contribution is 2.10. The van der Waals surface area contributed by atoms with Crippen LogP contribution in [0, 0.1) is 11.8 Å². The minimum Gasteiger partial charge on any atom is -0.339 e. The van der Waals surface area contributed by atoms with E-state index in [1.807, 2.05) is 4.90 Å². The van der Waals surface area contributed by atoms with E-state index in [4.69, 9.17) is 5.73 Å². The minimum absolute atomic E-state index is 0.136. The molecule has 0 aliphatic carbocycles. The number of nitrogens with zero attached hydrogens (tertiary/aromatic N) is 2. The quantitative estimate of drug-likeness (QED) is 0.796. The van der Waals surface area contributed by atoms with Gasteiger partial charge in [0.1, 0.15) is 0 Å². The lowest BCUT2D eigenvalue weighted by atomic mass is 10.0. The topological polar surface area (TPSA) is 49.6 Å². The van der Waals surface area contributed by atoms with Crippen molar-refractivity contribution in [3.63, 3.8) is 0 Å². The summed E-state index contributed by atoms with van der Waals surface area (Å²) < 4.78 is 0. The highest BCUT2D eigenvalue weighted by molar-refractivity contribution is 5.81. The van der Waals surface area contributed by atoms with Crippen molar-refractivity contribution in [3.05, 3.63) is 0 Å². The summed E-state index contributed by atoms with van der Waals surface area (Å²) in [6.45, 7) is 13.5. The van der Waals surface area contributed by atoms with Crippen LogP contribution in [-0.2, 0) is 4.79 Å². The molecular formula is C15H31N3O. The zero-order valence-corrected chi connectivity index (χ0v) is 13.1. The van der Waals surface area contributed by atoms with Gasteiger partial charge in [-0.15, -0.1) is 0 Å². The van der Waals surface area contributed by atoms with Crippen LogP contribution in [0.3, 0.4) is 0 Å². The molecule has 1 saturated heterocycles. The van der Waals surface area contributed by atoms with E-state index in [0.717, 1.165) is 45.1 Å². The van der Waals surface area contributed by atoms with Gasteiger partial charge in [0.25, 0.3) is 0 Å². The van der Waals surface area contributed by atoms with Gasteiger partial charge in [-0.25, -0.2) is 0 Å². The van der Waals surface area contributed by atoms with Crippen LogP contribution in [0.4, 0.5) is 0 Å². The Morgan fingerprint density at radius 1 is 1.05 bits per heavy atom. The normalized spacial score (nSPS) is 19.2. The van der Waals surface area contributed by atoms with Crippen LogP contribution in [0.2, 0.25) is 0 Å². The van der Waals surface area contributed by atoms with E-state index in [0.29, 0.717) is 5.92 Å². The summed E-state index contributed by atoms with van der Waals surface area (Å²) in [5.74, 6) is 1.36. The van der Waals surface area contributed by atoms with Crippen molar-refractivity contribution >= 4 is 5.91 Å². The van der Waals surface area contributed by atoms with Gasteiger partial charge in [-0.1, -0.05) is 27.7 Å². The van der Waals surface area contributed by atoms with Gasteiger partial charge in [-0.2, -0.15) is 0 Å². The van der Waals surface area contributed by atoms with Crippen molar-refractivity contribution in [2.24, 2.45) is 17.6 Å². The molecule has 112 valence electrons. The van der Waals surface area contributed by atoms with E-state index in [-0.39, 0.29) is 11.9 Å². The highest BCUT2D eigenvalue weighted by atomic mass is 16.2. The zero-order valence-electron chi connectivity index (χ0n) is 13.1. The summed E-state index contributed by atoms with van der Waals surface area (Å²) in [6, 6.07) is -0.317. The summed E-state index contributed by atoms with van der Waals surface area (Å²) in [4.78, 5) is 16.6. The zero-order chi connectivity index (χ0) is 14.4. The Kier molecular flexibility index (Phi) is 6.80. The number of hydrogen-bond donors (Lipinski definition) is 1. The van der Waals surface area contributed by atoms with Gasteiger partial charge in [0.05, 0.1) is 6.04 Å². The lowest BCUT2D eigenvalue weighted by Gasteiger charge is -2.36. The molecule has 1 rings (SSSR count). The Morgan fingerprint density at radius 2 is 1.63 bits per heavy atom. The van der Waals surface area contributed by atoms with Crippen LogP contribution in [0.1, 0.15) is 40.5 Å². The molecule has 0 aromatic carbocycles. The predicted octanol–water partition coefficient (Wildman–Crippen LogP) is 1.55. The second kappa shape index (κ2) is 7.85. The van der Waals surface area contributed by atoms with Crippen LogP contribution in [0.25, 0.3) is 0 Å². The summed E-state index contributed by atoms with van der Waals surface area (Å²) in [6.07, 6.45) is 2.02. The maximum atomic E-state index is 12.2. The van der Waals surface area contributed by atoms with Gasteiger partial charge in [-0.3, -0.25) is 9.69 Å². The first-order valence-corrected chi connectivity index (χ1v) is 7.67. The first kappa shape index (κ1) is 16.4. The van der Waals surface area contributed by atoms with Crippen molar-refractivity contribution in [3.8, 4) is 0 Å². The summed E-state index contributed by atoms with van der Waals surface area (Å²) in [7, 11) is 0. The van der Waals surface area contributed by atoms with Crippen LogP contribution in [0.5, 0.6) is 0 Å². The Balaban J connectivity index is 2.30. The fourth-order valence-corrected chi connectivity index (χ4v) is 2.48. The van der Waals surface area contributed by atoms with Crippen molar-refractivity contribution < 1.29 is 4.79 Å². The van der Waals surface area contributed by atoms with Crippen molar-refractivity contribution in [1.82, 2.24) is 9.80 Å². The Labute approximate surface area is 118 Å². The van der Waals surface area contributed by atoms with Crippen molar-refractivity contribution in [1.29, 1.82) is 0 Å². The van der Waals surface area contributed by atoms with Gasteiger partial charge in [0, 0.05) is 26.2 Å². The lowest BCUT2D eigenvalue weighted by Crippen LogP contribution is -2.53. The summed E-state index contributed by atoms with van der Waals surface area (Å²) in [5.41, 5.74) is 5.98. The van der Waals surface area contributed by atoms with Crippen molar-refractivity contribution in [2.75, 3.05) is 32.7 Å². The van der Waals surface area contributed by atoms with E-state index in [9.17, 15) is 4.79 Å². The Bertz CT molecular complexity index is 271. The fourth-order valence-electron chi connectivity index (χ4n) is 2.48. The molecule has 0 unspecified atom stereocenters. The number of rotatable bonds is 6. The molecule has 19 heavy (non-hydrogen) atoms. The van der Waals surface area contributed by atoms with Gasteiger partial charge in [0.15, 0.2) is 0 Å². The Morgan fingerprint density at radius 3 is 2.11 bits per heavy atom. The molecule has 1 atom stereocenters. The molecule has 1 aliphatic rings. The van der Waals surface area contributed by atoms with Crippen LogP contribution in [-0.4, -0.2) is 54.5 Å². The molecule has 0 aromatic heterocycles. The first-order chi connectivity index (χ1) is 8.90. The molecule has 0 saturated carbocycles. The monoisotopic (exact) mass is 269 g/mol. The van der Waals surface area contributed by atoms with E-state index in [2.05, 4.69) is 32.6 Å². The second-order valence-electron chi connectivity index (χ2n) is 6.59. The van der Waals surface area contributed by atoms with Crippen molar-refractivity contribution in [2.45, 2.75) is 46.6 Å². The highest BCUT2D eigenvalue weighted by Gasteiger charge is 2.25. The smallest absolute Gasteiger partial charge is 0.239 e. The molecule has 0 aromatic rings. The average molecular weight is 269 g/mol. The summed E-state index contributed by atoms with van der Waals surface area (Å²) >= 11 is 0. The lowest BCUT2D eigenvalue weighted by molar-refractivity contribution is -0.134. The number of nitrogens with two attached hydrogens (primary N) is 1. The molecule has 1 amide bonds. The first-order valence-electron chi connectivity index (χ1n) is 7.67. The van der Waals surface area contributed by atoms with E-state index in [1.54, 1.807) is 0 Å². The molecule has 1 fully saturated rings. The molecule has 0 spiro atoms. The predicted molar refractivity (Wildman–Crippen MR) is 79.9 cm³/mol. The number of piperazine rings is 1. The molecule has 4 heteroatoms. The van der Waals surface area contributed by atoms with Gasteiger partial charge >= 0.3 is 0 Å². The third kappa shape index (κ3) is 5.91. The SMILES string of the molecule is CC(C)CCN1CCN(C(=O)[C@@H](N)CC(C)C)CC1. The van der Waals surface area contributed by atoms with Crippen LogP contribution >= 0.6 is 0 Å². The van der Waals surface area contributed by atoms with Gasteiger partial charge in [0.2, 0.25) is 5.91 Å². The molecule has 0 bridgehead atoms. The molecule has 1 heterocycles. The average Bonchev–Trinajstić information content (AvgIpc) is 2.35. The number of carbonyl (C=O) groups excluding carboxylic acids is 1. The van der Waals surface area contributed by atoms with Gasteiger partial charge < -0.3 is 10.6 Å². The molecule has 0 radical (unpaired) electrons. The summed E-state index contributed by atoms with van der Waals surface area (Å²) in [5, 5.41) is 0. The third-order valence-electron chi connectivity index (χ3n) is 3.75. The number of hydrogen-bond acceptors (Lipinski definition) is 3. The second-order valence-corrected chi connectivity index (χ2v) is 6.59. The minimum atomic E-state index is -0.317. The molecular weight excluding hydrogens is 238 g/mol.